The van der Waals surface area contributed by atoms with Crippen molar-refractivity contribution >= 4 is 27.3 Å². The van der Waals surface area contributed by atoms with Gasteiger partial charge < -0.3 is 5.32 Å². The summed E-state index contributed by atoms with van der Waals surface area (Å²) in [5, 5.41) is 2.26. The lowest BCUT2D eigenvalue weighted by molar-refractivity contribution is 0.411. The molecule has 1 aromatic carbocycles. The first-order chi connectivity index (χ1) is 8.49. The van der Waals surface area contributed by atoms with Gasteiger partial charge in [0.25, 0.3) is 11.9 Å². The van der Waals surface area contributed by atoms with Crippen molar-refractivity contribution in [2.75, 3.05) is 5.32 Å². The molecule has 0 atom stereocenters. The average Bonchev–Trinajstić information content (AvgIpc) is 2.34. The number of rotatable bonds is 2. The molecule has 2 aromatic rings. The summed E-state index contributed by atoms with van der Waals surface area (Å²) in [6.07, 6.45) is 0. The maximum Gasteiger partial charge on any atom is 0.253 e. The van der Waals surface area contributed by atoms with Crippen molar-refractivity contribution in [3.8, 4) is 0 Å². The Bertz CT molecular complexity index is 560. The highest BCUT2D eigenvalue weighted by Crippen LogP contribution is 2.26. The molecule has 0 aliphatic rings. The summed E-state index contributed by atoms with van der Waals surface area (Å²) >= 11 is 3.18. The minimum Gasteiger partial charge on any atom is -0.350 e. The van der Waals surface area contributed by atoms with Gasteiger partial charge in [-0.25, -0.2) is 0 Å². The van der Waals surface area contributed by atoms with E-state index >= 15 is 0 Å². The van der Waals surface area contributed by atoms with Gasteiger partial charge in [0.1, 0.15) is 5.69 Å². The van der Waals surface area contributed by atoms with E-state index in [0.717, 1.165) is 4.47 Å². The van der Waals surface area contributed by atoms with Gasteiger partial charge in [-0.1, -0.05) is 15.9 Å². The van der Waals surface area contributed by atoms with Crippen LogP contribution in [0.4, 0.5) is 28.9 Å². The van der Waals surface area contributed by atoms with Gasteiger partial charge in [-0.3, -0.25) is 0 Å². The second-order valence-corrected chi connectivity index (χ2v) is 4.24. The molecule has 1 heterocycles. The molecular formula is C11H5BrF4N2. The van der Waals surface area contributed by atoms with Gasteiger partial charge in [-0.05, 0) is 24.3 Å². The summed E-state index contributed by atoms with van der Waals surface area (Å²) in [6, 6.07) is 6.18. The molecule has 0 unspecified atom stereocenters. The summed E-state index contributed by atoms with van der Waals surface area (Å²) in [7, 11) is 0. The number of hydrogen-bond donors (Lipinski definition) is 1. The van der Waals surface area contributed by atoms with Gasteiger partial charge in [0.15, 0.2) is 0 Å². The number of nitrogens with one attached hydrogen (secondary N) is 1. The molecular weight excluding hydrogens is 316 g/mol. The zero-order valence-corrected chi connectivity index (χ0v) is 10.2. The third-order valence-corrected chi connectivity index (χ3v) is 2.64. The quantitative estimate of drug-likeness (QED) is 0.664. The first kappa shape index (κ1) is 12.8. The van der Waals surface area contributed by atoms with E-state index in [2.05, 4.69) is 26.2 Å². The van der Waals surface area contributed by atoms with Crippen LogP contribution < -0.4 is 5.32 Å². The Kier molecular flexibility index (Phi) is 3.51. The third-order valence-electron chi connectivity index (χ3n) is 2.11. The van der Waals surface area contributed by atoms with Crippen LogP contribution in [-0.2, 0) is 0 Å². The van der Waals surface area contributed by atoms with E-state index in [-0.39, 0.29) is 5.69 Å². The highest BCUT2D eigenvalue weighted by atomic mass is 79.9. The smallest absolute Gasteiger partial charge is 0.253 e. The number of anilines is 2. The highest BCUT2D eigenvalue weighted by molar-refractivity contribution is 9.10. The van der Waals surface area contributed by atoms with E-state index in [1.54, 1.807) is 12.1 Å². The number of halogens is 5. The van der Waals surface area contributed by atoms with Crippen molar-refractivity contribution in [2.24, 2.45) is 0 Å². The van der Waals surface area contributed by atoms with Crippen LogP contribution in [0.5, 0.6) is 0 Å². The van der Waals surface area contributed by atoms with E-state index in [4.69, 9.17) is 0 Å². The van der Waals surface area contributed by atoms with Crippen LogP contribution in [0.2, 0.25) is 0 Å². The predicted molar refractivity (Wildman–Crippen MR) is 61.5 cm³/mol. The minimum atomic E-state index is -1.70. The van der Waals surface area contributed by atoms with E-state index in [1.165, 1.54) is 12.1 Å². The van der Waals surface area contributed by atoms with Gasteiger partial charge in [0, 0.05) is 10.2 Å². The van der Waals surface area contributed by atoms with Crippen molar-refractivity contribution in [2.45, 2.75) is 0 Å². The first-order valence-electron chi connectivity index (χ1n) is 4.71. The number of nitrogens with zero attached hydrogens (tertiary/aromatic N) is 1. The van der Waals surface area contributed by atoms with Crippen molar-refractivity contribution in [3.05, 3.63) is 52.3 Å². The van der Waals surface area contributed by atoms with Crippen LogP contribution in [0.3, 0.4) is 0 Å². The van der Waals surface area contributed by atoms with Gasteiger partial charge in [-0.2, -0.15) is 22.5 Å². The Hall–Kier alpha value is -1.63. The van der Waals surface area contributed by atoms with E-state index in [9.17, 15) is 17.6 Å². The van der Waals surface area contributed by atoms with Crippen LogP contribution >= 0.6 is 15.9 Å². The van der Waals surface area contributed by atoms with Gasteiger partial charge >= 0.3 is 0 Å². The SMILES string of the molecule is Fc1nc(F)c(F)c(Nc2ccc(Br)cc2)c1F. The first-order valence-corrected chi connectivity index (χ1v) is 5.51. The molecule has 0 saturated carbocycles. The number of aromatic nitrogens is 1. The predicted octanol–water partition coefficient (Wildman–Crippen LogP) is 4.14. The van der Waals surface area contributed by atoms with Crippen LogP contribution in [-0.4, -0.2) is 4.98 Å². The van der Waals surface area contributed by atoms with Crippen LogP contribution in [0.1, 0.15) is 0 Å². The summed E-state index contributed by atoms with van der Waals surface area (Å²) in [4.78, 5) is 2.46. The molecule has 0 aliphatic heterocycles. The van der Waals surface area contributed by atoms with Crippen molar-refractivity contribution < 1.29 is 17.6 Å². The van der Waals surface area contributed by atoms with E-state index in [0.29, 0.717) is 0 Å². The second kappa shape index (κ2) is 4.93. The Morgan fingerprint density at radius 1 is 0.889 bits per heavy atom. The Balaban J connectivity index is 2.42. The molecule has 0 amide bonds. The minimum absolute atomic E-state index is 0.279. The fraction of sp³-hybridized carbons (Fsp3) is 0. The molecule has 94 valence electrons. The molecule has 18 heavy (non-hydrogen) atoms. The highest BCUT2D eigenvalue weighted by Gasteiger charge is 2.20. The Labute approximate surface area is 108 Å². The molecule has 2 rings (SSSR count). The molecule has 0 aliphatic carbocycles. The second-order valence-electron chi connectivity index (χ2n) is 3.33. The van der Waals surface area contributed by atoms with Crippen molar-refractivity contribution in [3.63, 3.8) is 0 Å². The molecule has 0 radical (unpaired) electrons. The lowest BCUT2D eigenvalue weighted by atomic mass is 10.3. The van der Waals surface area contributed by atoms with E-state index < -0.39 is 29.2 Å². The summed E-state index contributed by atoms with van der Waals surface area (Å²) in [6.45, 7) is 0. The lowest BCUT2D eigenvalue weighted by Crippen LogP contribution is -2.05. The molecule has 0 spiro atoms. The third kappa shape index (κ3) is 2.45. The molecule has 7 heteroatoms. The fourth-order valence-electron chi connectivity index (χ4n) is 1.27. The van der Waals surface area contributed by atoms with Crippen LogP contribution in [0.25, 0.3) is 0 Å². The topological polar surface area (TPSA) is 24.9 Å². The number of pyridine rings is 1. The van der Waals surface area contributed by atoms with Crippen LogP contribution in [0, 0.1) is 23.5 Å². The fourth-order valence-corrected chi connectivity index (χ4v) is 1.54. The van der Waals surface area contributed by atoms with Crippen molar-refractivity contribution in [1.82, 2.24) is 4.98 Å². The zero-order valence-electron chi connectivity index (χ0n) is 8.65. The normalized spacial score (nSPS) is 10.5. The standard InChI is InChI=1S/C11H5BrF4N2/c12-5-1-3-6(4-2-5)17-9-7(13)10(15)18-11(16)8(9)14/h1-4H,(H,17,18). The van der Waals surface area contributed by atoms with Gasteiger partial charge in [-0.15, -0.1) is 0 Å². The van der Waals surface area contributed by atoms with E-state index in [1.807, 2.05) is 0 Å². The van der Waals surface area contributed by atoms with Crippen LogP contribution in [0.15, 0.2) is 28.7 Å². The van der Waals surface area contributed by atoms with Gasteiger partial charge in [0.2, 0.25) is 11.6 Å². The number of benzene rings is 1. The average molecular weight is 321 g/mol. The van der Waals surface area contributed by atoms with Crippen molar-refractivity contribution in [1.29, 1.82) is 0 Å². The maximum absolute atomic E-state index is 13.3. The zero-order chi connectivity index (χ0) is 13.3. The molecule has 2 nitrogen and oxygen atoms in total. The Morgan fingerprint density at radius 3 is 1.89 bits per heavy atom. The van der Waals surface area contributed by atoms with Gasteiger partial charge in [0.05, 0.1) is 0 Å². The Morgan fingerprint density at radius 2 is 1.39 bits per heavy atom. The summed E-state index contributed by atoms with van der Waals surface area (Å²) in [5.74, 6) is -6.55. The molecule has 0 saturated heterocycles. The lowest BCUT2D eigenvalue weighted by Gasteiger charge is -2.09. The molecule has 1 aromatic heterocycles. The molecule has 0 bridgehead atoms. The summed E-state index contributed by atoms with van der Waals surface area (Å²) < 4.78 is 53.0. The number of hydrogen-bond acceptors (Lipinski definition) is 2. The largest absolute Gasteiger partial charge is 0.350 e. The molecule has 1 N–H and O–H groups in total. The molecule has 0 fully saturated rings. The summed E-state index contributed by atoms with van der Waals surface area (Å²) in [5.41, 5.74) is -0.636. The maximum atomic E-state index is 13.3. The monoisotopic (exact) mass is 320 g/mol.